The number of alkyl halides is 1. The fraction of sp³-hybridized carbons (Fsp3) is 0.333. The van der Waals surface area contributed by atoms with Gasteiger partial charge in [-0.2, -0.15) is 0 Å². The molecule has 0 unspecified atom stereocenters. The third kappa shape index (κ3) is 3.85. The number of rotatable bonds is 5. The summed E-state index contributed by atoms with van der Waals surface area (Å²) >= 11 is 3.12. The third-order valence-corrected chi connectivity index (χ3v) is 2.71. The first kappa shape index (κ1) is 13.7. The average molecular weight is 301 g/mol. The number of esters is 1. The number of benzene rings is 1. The molecule has 0 aromatic heterocycles. The van der Waals surface area contributed by atoms with Crippen LogP contribution in [-0.4, -0.2) is 30.8 Å². The first-order valence-electron chi connectivity index (χ1n) is 4.98. The van der Waals surface area contributed by atoms with Crippen LogP contribution in [0.5, 0.6) is 5.75 Å². The van der Waals surface area contributed by atoms with Gasteiger partial charge in [0.25, 0.3) is 0 Å². The maximum Gasteiger partial charge on any atom is 0.343 e. The Balaban J connectivity index is 2.75. The Morgan fingerprint density at radius 1 is 1.35 bits per heavy atom. The Hall–Kier alpha value is -1.36. The molecule has 0 aliphatic carbocycles. The summed E-state index contributed by atoms with van der Waals surface area (Å²) in [5, 5.41) is 0.288. The SMILES string of the molecule is COC(=O)COc1ccc(C(=O)CBr)c(C)c1. The molecular weight excluding hydrogens is 288 g/mol. The van der Waals surface area contributed by atoms with Crippen molar-refractivity contribution in [2.75, 3.05) is 19.0 Å². The van der Waals surface area contributed by atoms with Crippen LogP contribution in [0.4, 0.5) is 0 Å². The zero-order valence-corrected chi connectivity index (χ0v) is 11.2. The lowest BCUT2D eigenvalue weighted by Crippen LogP contribution is -2.12. The van der Waals surface area contributed by atoms with Gasteiger partial charge in [0.2, 0.25) is 0 Å². The Kier molecular flexibility index (Phi) is 5.15. The fourth-order valence-corrected chi connectivity index (χ4v) is 1.61. The van der Waals surface area contributed by atoms with E-state index in [9.17, 15) is 9.59 Å². The summed E-state index contributed by atoms with van der Waals surface area (Å²) < 4.78 is 9.67. The molecule has 5 heteroatoms. The molecule has 0 saturated heterocycles. The summed E-state index contributed by atoms with van der Waals surface area (Å²) in [6.07, 6.45) is 0. The largest absolute Gasteiger partial charge is 0.482 e. The normalized spacial score (nSPS) is 9.82. The number of hydrogen-bond acceptors (Lipinski definition) is 4. The second-order valence-electron chi connectivity index (χ2n) is 3.40. The number of ether oxygens (including phenoxy) is 2. The Morgan fingerprint density at radius 2 is 2.06 bits per heavy atom. The molecule has 0 radical (unpaired) electrons. The van der Waals surface area contributed by atoms with Gasteiger partial charge in [0.1, 0.15) is 5.75 Å². The smallest absolute Gasteiger partial charge is 0.343 e. The number of ketones is 1. The van der Waals surface area contributed by atoms with E-state index in [2.05, 4.69) is 20.7 Å². The van der Waals surface area contributed by atoms with Crippen molar-refractivity contribution in [2.45, 2.75) is 6.92 Å². The molecule has 1 rings (SSSR count). The number of carbonyl (C=O) groups excluding carboxylic acids is 2. The van der Waals surface area contributed by atoms with Crippen LogP contribution in [0.15, 0.2) is 18.2 Å². The van der Waals surface area contributed by atoms with E-state index in [0.29, 0.717) is 11.3 Å². The van der Waals surface area contributed by atoms with Gasteiger partial charge in [0.05, 0.1) is 12.4 Å². The summed E-state index contributed by atoms with van der Waals surface area (Å²) in [7, 11) is 1.30. The van der Waals surface area contributed by atoms with Gasteiger partial charge in [0, 0.05) is 5.56 Å². The average Bonchev–Trinajstić information content (AvgIpc) is 2.35. The topological polar surface area (TPSA) is 52.6 Å². The molecule has 0 fully saturated rings. The second kappa shape index (κ2) is 6.39. The molecule has 0 N–H and O–H groups in total. The van der Waals surface area contributed by atoms with Crippen molar-refractivity contribution in [3.63, 3.8) is 0 Å². The summed E-state index contributed by atoms with van der Waals surface area (Å²) in [4.78, 5) is 22.4. The van der Waals surface area contributed by atoms with Crippen LogP contribution >= 0.6 is 15.9 Å². The van der Waals surface area contributed by atoms with Gasteiger partial charge >= 0.3 is 5.97 Å². The zero-order chi connectivity index (χ0) is 12.8. The highest BCUT2D eigenvalue weighted by Gasteiger charge is 2.09. The number of methoxy groups -OCH3 is 1. The molecule has 92 valence electrons. The van der Waals surface area contributed by atoms with E-state index in [1.165, 1.54) is 7.11 Å². The minimum absolute atomic E-state index is 0.0158. The molecule has 1 aromatic rings. The highest BCUT2D eigenvalue weighted by atomic mass is 79.9. The van der Waals surface area contributed by atoms with Gasteiger partial charge in [-0.15, -0.1) is 0 Å². The minimum Gasteiger partial charge on any atom is -0.482 e. The lowest BCUT2D eigenvalue weighted by molar-refractivity contribution is -0.142. The number of aryl methyl sites for hydroxylation is 1. The summed E-state index contributed by atoms with van der Waals surface area (Å²) in [6.45, 7) is 1.68. The van der Waals surface area contributed by atoms with Crippen LogP contribution in [0.2, 0.25) is 0 Å². The van der Waals surface area contributed by atoms with E-state index in [1.54, 1.807) is 18.2 Å². The van der Waals surface area contributed by atoms with Crippen molar-refractivity contribution in [1.29, 1.82) is 0 Å². The molecule has 0 saturated carbocycles. The molecule has 0 heterocycles. The van der Waals surface area contributed by atoms with Gasteiger partial charge in [0.15, 0.2) is 12.4 Å². The first-order valence-corrected chi connectivity index (χ1v) is 6.10. The van der Waals surface area contributed by atoms with Crippen molar-refractivity contribution in [1.82, 2.24) is 0 Å². The van der Waals surface area contributed by atoms with E-state index in [1.807, 2.05) is 6.92 Å². The molecule has 0 bridgehead atoms. The Labute approximate surface area is 108 Å². The maximum atomic E-state index is 11.5. The Bertz CT molecular complexity index is 429. The first-order chi connectivity index (χ1) is 8.08. The summed E-state index contributed by atoms with van der Waals surface area (Å²) in [6, 6.07) is 5.07. The number of Topliss-reactive ketones (excluding diaryl/α,β-unsaturated/α-hetero) is 1. The molecular formula is C12H13BrO4. The van der Waals surface area contributed by atoms with Crippen molar-refractivity contribution < 1.29 is 19.1 Å². The van der Waals surface area contributed by atoms with Crippen LogP contribution < -0.4 is 4.74 Å². The van der Waals surface area contributed by atoms with Crippen LogP contribution in [0.3, 0.4) is 0 Å². The monoisotopic (exact) mass is 300 g/mol. The molecule has 17 heavy (non-hydrogen) atoms. The number of halogens is 1. The molecule has 0 amide bonds. The predicted molar refractivity (Wildman–Crippen MR) is 66.8 cm³/mol. The lowest BCUT2D eigenvalue weighted by atomic mass is 10.1. The molecule has 0 spiro atoms. The van der Waals surface area contributed by atoms with Gasteiger partial charge in [-0.05, 0) is 30.7 Å². The third-order valence-electron chi connectivity index (χ3n) is 2.20. The second-order valence-corrected chi connectivity index (χ2v) is 3.96. The minimum atomic E-state index is -0.441. The molecule has 0 aliphatic heterocycles. The van der Waals surface area contributed by atoms with Crippen LogP contribution in [0, 0.1) is 6.92 Å². The van der Waals surface area contributed by atoms with E-state index < -0.39 is 5.97 Å². The lowest BCUT2D eigenvalue weighted by Gasteiger charge is -2.08. The van der Waals surface area contributed by atoms with E-state index in [0.717, 1.165) is 5.56 Å². The van der Waals surface area contributed by atoms with Crippen LogP contribution in [0.1, 0.15) is 15.9 Å². The predicted octanol–water partition coefficient (Wildman–Crippen LogP) is 2.12. The van der Waals surface area contributed by atoms with E-state index in [-0.39, 0.29) is 17.7 Å². The van der Waals surface area contributed by atoms with Crippen molar-refractivity contribution in [2.24, 2.45) is 0 Å². The van der Waals surface area contributed by atoms with Gasteiger partial charge in [-0.25, -0.2) is 4.79 Å². The van der Waals surface area contributed by atoms with E-state index in [4.69, 9.17) is 4.74 Å². The van der Waals surface area contributed by atoms with Crippen molar-refractivity contribution >= 4 is 27.7 Å². The van der Waals surface area contributed by atoms with Gasteiger partial charge in [-0.3, -0.25) is 4.79 Å². The van der Waals surface area contributed by atoms with Crippen molar-refractivity contribution in [3.8, 4) is 5.75 Å². The summed E-state index contributed by atoms with van der Waals surface area (Å²) in [5.74, 6) is 0.115. The van der Waals surface area contributed by atoms with Crippen LogP contribution in [0.25, 0.3) is 0 Å². The molecule has 1 aromatic carbocycles. The standard InChI is InChI=1S/C12H13BrO4/c1-8-5-9(17-7-12(15)16-2)3-4-10(8)11(14)6-13/h3-5H,6-7H2,1-2H3. The number of hydrogen-bond donors (Lipinski definition) is 0. The fourth-order valence-electron chi connectivity index (χ4n) is 1.31. The van der Waals surface area contributed by atoms with Gasteiger partial charge in [-0.1, -0.05) is 15.9 Å². The highest BCUT2D eigenvalue weighted by Crippen LogP contribution is 2.18. The highest BCUT2D eigenvalue weighted by molar-refractivity contribution is 9.09. The van der Waals surface area contributed by atoms with Crippen molar-refractivity contribution in [3.05, 3.63) is 29.3 Å². The molecule has 4 nitrogen and oxygen atoms in total. The molecule has 0 aliphatic rings. The van der Waals surface area contributed by atoms with Crippen LogP contribution in [-0.2, 0) is 9.53 Å². The molecule has 0 atom stereocenters. The number of carbonyl (C=O) groups is 2. The zero-order valence-electron chi connectivity index (χ0n) is 9.66. The maximum absolute atomic E-state index is 11.5. The van der Waals surface area contributed by atoms with Gasteiger partial charge < -0.3 is 9.47 Å². The quantitative estimate of drug-likeness (QED) is 0.475. The summed E-state index contributed by atoms with van der Waals surface area (Å²) in [5.41, 5.74) is 1.46. The Morgan fingerprint density at radius 3 is 2.59 bits per heavy atom. The van der Waals surface area contributed by atoms with E-state index >= 15 is 0 Å².